The first-order valence-electron chi connectivity index (χ1n) is 5.29. The van der Waals surface area contributed by atoms with Crippen LogP contribution in [0.2, 0.25) is 0 Å². The molecule has 0 unspecified atom stereocenters. The minimum Gasteiger partial charge on any atom is -0.376 e. The minimum atomic E-state index is -4.60. The first-order chi connectivity index (χ1) is 9.36. The quantitative estimate of drug-likeness (QED) is 0.828. The number of hydrogen-bond acceptors (Lipinski definition) is 4. The van der Waals surface area contributed by atoms with Crippen LogP contribution in [0.1, 0.15) is 5.69 Å². The number of nitrogens with zero attached hydrogens (tertiary/aromatic N) is 3. The van der Waals surface area contributed by atoms with Gasteiger partial charge in [0.2, 0.25) is 5.95 Å². The fourth-order valence-corrected chi connectivity index (χ4v) is 1.51. The fourth-order valence-electron chi connectivity index (χ4n) is 1.42. The molecule has 9 heteroatoms. The second kappa shape index (κ2) is 5.37. The molecular weight excluding hydrogens is 291 g/mol. The van der Waals surface area contributed by atoms with E-state index in [1.54, 1.807) is 12.1 Å². The van der Waals surface area contributed by atoms with Gasteiger partial charge in [0.15, 0.2) is 10.8 Å². The third kappa shape index (κ3) is 3.38. The Hall–Kier alpha value is -2.29. The number of pyridine rings is 1. The predicted molar refractivity (Wildman–Crippen MR) is 70.7 cm³/mol. The van der Waals surface area contributed by atoms with Gasteiger partial charge < -0.3 is 11.1 Å². The van der Waals surface area contributed by atoms with Crippen LogP contribution in [0, 0.1) is 0 Å². The van der Waals surface area contributed by atoms with Crippen LogP contribution >= 0.6 is 12.2 Å². The standard InChI is InChI=1S/C11H8F3N5S/c12-11(13,14)8-4-7(6-2-1-3-16-5-6)17-10(18-8)19-9(15)20/h1-5H,(H3,15,17,18,19,20). The van der Waals surface area contributed by atoms with E-state index >= 15 is 0 Å². The Labute approximate surface area is 117 Å². The zero-order chi connectivity index (χ0) is 14.8. The molecule has 0 radical (unpaired) electrons. The van der Waals surface area contributed by atoms with Crippen molar-refractivity contribution in [3.63, 3.8) is 0 Å². The Morgan fingerprint density at radius 1 is 1.30 bits per heavy atom. The number of hydrogen-bond donors (Lipinski definition) is 2. The van der Waals surface area contributed by atoms with Crippen LogP contribution in [0.3, 0.4) is 0 Å². The number of rotatable bonds is 2. The van der Waals surface area contributed by atoms with Crippen molar-refractivity contribution in [3.8, 4) is 11.3 Å². The van der Waals surface area contributed by atoms with Crippen molar-refractivity contribution in [1.29, 1.82) is 0 Å². The largest absolute Gasteiger partial charge is 0.433 e. The zero-order valence-electron chi connectivity index (χ0n) is 9.85. The Morgan fingerprint density at radius 2 is 2.05 bits per heavy atom. The predicted octanol–water partition coefficient (Wildman–Crippen LogP) is 2.21. The van der Waals surface area contributed by atoms with Crippen molar-refractivity contribution in [3.05, 3.63) is 36.3 Å². The molecule has 0 aromatic carbocycles. The fraction of sp³-hybridized carbons (Fsp3) is 0.0909. The van der Waals surface area contributed by atoms with E-state index in [0.29, 0.717) is 5.56 Å². The second-order valence-corrected chi connectivity index (χ2v) is 4.13. The monoisotopic (exact) mass is 299 g/mol. The highest BCUT2D eigenvalue weighted by Crippen LogP contribution is 2.30. The minimum absolute atomic E-state index is 0.0687. The summed E-state index contributed by atoms with van der Waals surface area (Å²) in [5.41, 5.74) is 4.62. The molecule has 0 saturated heterocycles. The van der Waals surface area contributed by atoms with Crippen molar-refractivity contribution < 1.29 is 13.2 Å². The number of nitrogens with two attached hydrogens (primary N) is 1. The van der Waals surface area contributed by atoms with Gasteiger partial charge in [0.1, 0.15) is 0 Å². The Morgan fingerprint density at radius 3 is 2.60 bits per heavy atom. The number of aromatic nitrogens is 3. The normalized spacial score (nSPS) is 11.2. The van der Waals surface area contributed by atoms with Crippen LogP contribution < -0.4 is 11.1 Å². The molecule has 104 valence electrons. The summed E-state index contributed by atoms with van der Waals surface area (Å²) in [4.78, 5) is 11.1. The van der Waals surface area contributed by atoms with Gasteiger partial charge in [-0.3, -0.25) is 4.98 Å². The van der Waals surface area contributed by atoms with E-state index in [0.717, 1.165) is 6.07 Å². The molecule has 0 fully saturated rings. The number of thiocarbonyl (C=S) groups is 1. The molecule has 2 heterocycles. The molecule has 0 amide bonds. The molecule has 0 spiro atoms. The summed E-state index contributed by atoms with van der Waals surface area (Å²) in [5, 5.41) is 2.07. The Kier molecular flexibility index (Phi) is 3.79. The molecule has 0 aliphatic rings. The van der Waals surface area contributed by atoms with Crippen LogP contribution in [0.4, 0.5) is 19.1 Å². The first kappa shape index (κ1) is 14.1. The summed E-state index contributed by atoms with van der Waals surface area (Å²) in [5.74, 6) is -0.314. The summed E-state index contributed by atoms with van der Waals surface area (Å²) in [6, 6.07) is 4.01. The van der Waals surface area contributed by atoms with Gasteiger partial charge in [0.25, 0.3) is 0 Å². The van der Waals surface area contributed by atoms with E-state index in [2.05, 4.69) is 32.5 Å². The highest BCUT2D eigenvalue weighted by atomic mass is 32.1. The molecule has 0 bridgehead atoms. The number of nitrogens with one attached hydrogen (secondary N) is 1. The van der Waals surface area contributed by atoms with Crippen LogP contribution in [0.25, 0.3) is 11.3 Å². The summed E-state index contributed by atoms with van der Waals surface area (Å²) in [6.07, 6.45) is -1.71. The van der Waals surface area contributed by atoms with Crippen molar-refractivity contribution in [2.24, 2.45) is 5.73 Å². The van der Waals surface area contributed by atoms with Gasteiger partial charge in [-0.1, -0.05) is 0 Å². The Balaban J connectivity index is 2.54. The average Bonchev–Trinajstić information content (AvgIpc) is 2.37. The smallest absolute Gasteiger partial charge is 0.376 e. The second-order valence-electron chi connectivity index (χ2n) is 3.69. The SMILES string of the molecule is NC(=S)Nc1nc(-c2cccnc2)cc(C(F)(F)F)n1. The molecule has 0 saturated carbocycles. The first-order valence-corrected chi connectivity index (χ1v) is 5.70. The van der Waals surface area contributed by atoms with E-state index in [9.17, 15) is 13.2 Å². The van der Waals surface area contributed by atoms with E-state index in [-0.39, 0.29) is 16.8 Å². The van der Waals surface area contributed by atoms with Crippen LogP contribution in [-0.4, -0.2) is 20.1 Å². The average molecular weight is 299 g/mol. The molecule has 0 atom stereocenters. The van der Waals surface area contributed by atoms with Crippen LogP contribution in [0.15, 0.2) is 30.6 Å². The summed E-state index contributed by atoms with van der Waals surface area (Å²) in [6.45, 7) is 0. The lowest BCUT2D eigenvalue weighted by Crippen LogP contribution is -2.22. The van der Waals surface area contributed by atoms with Crippen LogP contribution in [-0.2, 0) is 6.18 Å². The molecule has 2 rings (SSSR count). The summed E-state index contributed by atoms with van der Waals surface area (Å²) in [7, 11) is 0. The highest BCUT2D eigenvalue weighted by molar-refractivity contribution is 7.80. The number of anilines is 1. The summed E-state index contributed by atoms with van der Waals surface area (Å²) < 4.78 is 38.4. The van der Waals surface area contributed by atoms with Crippen LogP contribution in [0.5, 0.6) is 0 Å². The van der Waals surface area contributed by atoms with Crippen molar-refractivity contribution in [2.45, 2.75) is 6.18 Å². The summed E-state index contributed by atoms with van der Waals surface area (Å²) >= 11 is 4.57. The van der Waals surface area contributed by atoms with E-state index < -0.39 is 11.9 Å². The van der Waals surface area contributed by atoms with Gasteiger partial charge in [-0.15, -0.1) is 0 Å². The lowest BCUT2D eigenvalue weighted by atomic mass is 10.2. The maximum atomic E-state index is 12.8. The zero-order valence-corrected chi connectivity index (χ0v) is 10.7. The van der Waals surface area contributed by atoms with Gasteiger partial charge in [-0.05, 0) is 30.4 Å². The maximum Gasteiger partial charge on any atom is 0.433 e. The van der Waals surface area contributed by atoms with Gasteiger partial charge in [0.05, 0.1) is 5.69 Å². The highest BCUT2D eigenvalue weighted by Gasteiger charge is 2.33. The molecule has 2 aromatic heterocycles. The van der Waals surface area contributed by atoms with E-state index in [4.69, 9.17) is 5.73 Å². The molecule has 0 aliphatic carbocycles. The molecule has 0 aliphatic heterocycles. The van der Waals surface area contributed by atoms with Gasteiger partial charge in [0, 0.05) is 18.0 Å². The van der Waals surface area contributed by atoms with Gasteiger partial charge in [-0.2, -0.15) is 13.2 Å². The molecule has 5 nitrogen and oxygen atoms in total. The molecular formula is C11H8F3N5S. The van der Waals surface area contributed by atoms with Crippen molar-refractivity contribution in [2.75, 3.05) is 5.32 Å². The third-order valence-electron chi connectivity index (χ3n) is 2.21. The topological polar surface area (TPSA) is 76.7 Å². The Bertz CT molecular complexity index is 630. The van der Waals surface area contributed by atoms with Crippen molar-refractivity contribution in [1.82, 2.24) is 15.0 Å². The number of alkyl halides is 3. The molecule has 2 aromatic rings. The molecule has 20 heavy (non-hydrogen) atoms. The third-order valence-corrected chi connectivity index (χ3v) is 2.31. The molecule has 3 N–H and O–H groups in total. The van der Waals surface area contributed by atoms with Gasteiger partial charge in [-0.25, -0.2) is 9.97 Å². The van der Waals surface area contributed by atoms with Gasteiger partial charge >= 0.3 is 6.18 Å². The lowest BCUT2D eigenvalue weighted by Gasteiger charge is -2.10. The number of halogens is 3. The van der Waals surface area contributed by atoms with Crippen molar-refractivity contribution >= 4 is 23.3 Å². The maximum absolute atomic E-state index is 12.8. The van der Waals surface area contributed by atoms with E-state index in [1.807, 2.05) is 0 Å². The van der Waals surface area contributed by atoms with E-state index in [1.165, 1.54) is 12.4 Å². The lowest BCUT2D eigenvalue weighted by molar-refractivity contribution is -0.141.